The average Bonchev–Trinajstić information content (AvgIpc) is 2.67. The summed E-state index contributed by atoms with van der Waals surface area (Å²) in [6, 6.07) is 7.42. The van der Waals surface area contributed by atoms with Gasteiger partial charge in [-0.1, -0.05) is 12.1 Å². The van der Waals surface area contributed by atoms with Crippen molar-refractivity contribution in [2.75, 3.05) is 38.4 Å². The Kier molecular flexibility index (Phi) is 5.91. The molecule has 0 bridgehead atoms. The number of hydrogen-bond acceptors (Lipinski definition) is 7. The predicted octanol–water partition coefficient (Wildman–Crippen LogP) is 1.92. The van der Waals surface area contributed by atoms with E-state index in [-0.39, 0.29) is 17.9 Å². The van der Waals surface area contributed by atoms with Gasteiger partial charge in [0.2, 0.25) is 5.28 Å². The maximum absolute atomic E-state index is 9.59. The maximum atomic E-state index is 9.59. The van der Waals surface area contributed by atoms with Crippen LogP contribution in [0.4, 0.5) is 5.82 Å². The van der Waals surface area contributed by atoms with E-state index in [1.807, 2.05) is 29.2 Å². The number of methoxy groups -OCH3 is 1. The molecule has 1 aliphatic heterocycles. The lowest BCUT2D eigenvalue weighted by Gasteiger charge is -2.35. The fourth-order valence-electron chi connectivity index (χ4n) is 2.62. The van der Waals surface area contributed by atoms with Gasteiger partial charge in [0.25, 0.3) is 0 Å². The zero-order valence-electron chi connectivity index (χ0n) is 13.9. The van der Waals surface area contributed by atoms with Gasteiger partial charge in [0.1, 0.15) is 12.4 Å². The van der Waals surface area contributed by atoms with Crippen LogP contribution < -0.4 is 14.4 Å². The number of ether oxygens (including phenoxy) is 3. The van der Waals surface area contributed by atoms with Gasteiger partial charge in [-0.25, -0.2) is 4.98 Å². The highest BCUT2D eigenvalue weighted by molar-refractivity contribution is 6.28. The molecular formula is C17H20ClN3O4. The van der Waals surface area contributed by atoms with E-state index in [1.54, 1.807) is 13.3 Å². The lowest BCUT2D eigenvalue weighted by Crippen LogP contribution is -2.48. The minimum Gasteiger partial charge on any atom is -0.497 e. The summed E-state index contributed by atoms with van der Waals surface area (Å²) in [4.78, 5) is 10.3. The van der Waals surface area contributed by atoms with E-state index < -0.39 is 0 Å². The van der Waals surface area contributed by atoms with E-state index in [0.717, 1.165) is 11.3 Å². The van der Waals surface area contributed by atoms with Crippen molar-refractivity contribution >= 4 is 17.4 Å². The lowest BCUT2D eigenvalue weighted by atomic mass is 10.2. The van der Waals surface area contributed by atoms with E-state index in [2.05, 4.69) is 9.97 Å². The van der Waals surface area contributed by atoms with Crippen molar-refractivity contribution in [1.29, 1.82) is 0 Å². The molecule has 2 aromatic rings. The van der Waals surface area contributed by atoms with Crippen LogP contribution in [0.15, 0.2) is 30.5 Å². The Hall–Kier alpha value is -2.09. The third kappa shape index (κ3) is 4.31. The van der Waals surface area contributed by atoms with Crippen molar-refractivity contribution in [3.05, 3.63) is 41.3 Å². The van der Waals surface area contributed by atoms with Gasteiger partial charge in [-0.05, 0) is 29.3 Å². The molecule has 0 aliphatic carbocycles. The average molecular weight is 366 g/mol. The fourth-order valence-corrected chi connectivity index (χ4v) is 2.75. The van der Waals surface area contributed by atoms with Gasteiger partial charge in [-0.15, -0.1) is 0 Å². The maximum Gasteiger partial charge on any atom is 0.224 e. The summed E-state index contributed by atoms with van der Waals surface area (Å²) < 4.78 is 16.5. The second kappa shape index (κ2) is 8.33. The highest BCUT2D eigenvalue weighted by atomic mass is 35.5. The first kappa shape index (κ1) is 17.7. The molecule has 0 radical (unpaired) electrons. The highest BCUT2D eigenvalue weighted by Crippen LogP contribution is 2.30. The van der Waals surface area contributed by atoms with E-state index >= 15 is 0 Å². The number of hydrogen-bond donors (Lipinski definition) is 1. The third-order valence-corrected chi connectivity index (χ3v) is 4.15. The normalized spacial score (nSPS) is 17.4. The summed E-state index contributed by atoms with van der Waals surface area (Å²) in [5, 5.41) is 9.72. The van der Waals surface area contributed by atoms with Crippen LogP contribution in [0.25, 0.3) is 0 Å². The summed E-state index contributed by atoms with van der Waals surface area (Å²) in [5.41, 5.74) is 0.988. The summed E-state index contributed by atoms with van der Waals surface area (Å²) in [5.74, 6) is 1.87. The number of anilines is 1. The van der Waals surface area contributed by atoms with Crippen molar-refractivity contribution in [3.8, 4) is 11.5 Å². The Morgan fingerprint density at radius 3 is 2.88 bits per heavy atom. The van der Waals surface area contributed by atoms with Crippen LogP contribution in [0.5, 0.6) is 11.5 Å². The van der Waals surface area contributed by atoms with Gasteiger partial charge >= 0.3 is 0 Å². The van der Waals surface area contributed by atoms with Crippen molar-refractivity contribution in [3.63, 3.8) is 0 Å². The first-order valence-electron chi connectivity index (χ1n) is 7.94. The molecule has 0 saturated carbocycles. The second-order valence-corrected chi connectivity index (χ2v) is 5.91. The molecule has 134 valence electrons. The minimum atomic E-state index is -0.192. The van der Waals surface area contributed by atoms with E-state index in [9.17, 15) is 5.11 Å². The molecule has 1 fully saturated rings. The van der Waals surface area contributed by atoms with E-state index in [0.29, 0.717) is 37.9 Å². The fraction of sp³-hybridized carbons (Fsp3) is 0.412. The second-order valence-electron chi connectivity index (χ2n) is 5.57. The van der Waals surface area contributed by atoms with Crippen molar-refractivity contribution in [2.24, 2.45) is 0 Å². The van der Waals surface area contributed by atoms with E-state index in [4.69, 9.17) is 25.8 Å². The van der Waals surface area contributed by atoms with E-state index in [1.165, 1.54) is 0 Å². The van der Waals surface area contributed by atoms with Crippen LogP contribution in [0.2, 0.25) is 5.28 Å². The zero-order valence-corrected chi connectivity index (χ0v) is 14.6. The number of aromatic nitrogens is 2. The number of benzene rings is 1. The Balaban J connectivity index is 1.78. The van der Waals surface area contributed by atoms with Crippen LogP contribution in [-0.2, 0) is 11.3 Å². The Bertz CT molecular complexity index is 699. The van der Waals surface area contributed by atoms with Gasteiger partial charge < -0.3 is 24.2 Å². The van der Waals surface area contributed by atoms with Crippen molar-refractivity contribution in [1.82, 2.24) is 9.97 Å². The van der Waals surface area contributed by atoms with Crippen LogP contribution >= 0.6 is 11.6 Å². The molecule has 8 heteroatoms. The molecule has 7 nitrogen and oxygen atoms in total. The van der Waals surface area contributed by atoms with Gasteiger partial charge in [0, 0.05) is 6.54 Å². The summed E-state index contributed by atoms with van der Waals surface area (Å²) in [7, 11) is 1.63. The molecule has 0 amide bonds. The molecule has 1 aliphatic rings. The zero-order chi connectivity index (χ0) is 17.6. The predicted molar refractivity (Wildman–Crippen MR) is 93.4 cm³/mol. The molecule has 1 N–H and O–H groups in total. The number of nitrogens with zero attached hydrogens (tertiary/aromatic N) is 3. The molecular weight excluding hydrogens is 346 g/mol. The third-order valence-electron chi connectivity index (χ3n) is 3.97. The number of halogens is 1. The Labute approximate surface area is 151 Å². The van der Waals surface area contributed by atoms with Gasteiger partial charge in [-0.3, -0.25) is 0 Å². The molecule has 3 rings (SSSR count). The van der Waals surface area contributed by atoms with Crippen LogP contribution in [0, 0.1) is 0 Å². The molecule has 1 atom stereocenters. The van der Waals surface area contributed by atoms with Gasteiger partial charge in [0.05, 0.1) is 39.2 Å². The molecule has 25 heavy (non-hydrogen) atoms. The Morgan fingerprint density at radius 2 is 2.16 bits per heavy atom. The number of rotatable bonds is 6. The molecule has 1 aromatic carbocycles. The number of aliphatic hydroxyl groups is 1. The molecule has 1 saturated heterocycles. The largest absolute Gasteiger partial charge is 0.497 e. The Morgan fingerprint density at radius 1 is 1.36 bits per heavy atom. The summed E-state index contributed by atoms with van der Waals surface area (Å²) >= 11 is 5.97. The summed E-state index contributed by atoms with van der Waals surface area (Å²) in [6.45, 7) is 1.89. The molecule has 0 unspecified atom stereocenters. The minimum absolute atomic E-state index is 0.0421. The standard InChI is InChI=1S/C17H20ClN3O4/c1-23-14-4-2-12(3-5-14)10-25-15-8-19-17(18)20-16(15)21-6-7-24-11-13(21)9-22/h2-5,8,13,22H,6-7,9-11H2,1H3/t13-/m0/s1. The van der Waals surface area contributed by atoms with Gasteiger partial charge in [-0.2, -0.15) is 4.98 Å². The first-order valence-corrected chi connectivity index (χ1v) is 8.32. The molecule has 0 spiro atoms. The summed E-state index contributed by atoms with van der Waals surface area (Å²) in [6.07, 6.45) is 1.55. The number of morpholine rings is 1. The van der Waals surface area contributed by atoms with Crippen molar-refractivity contribution < 1.29 is 19.3 Å². The quantitative estimate of drug-likeness (QED) is 0.783. The first-order chi connectivity index (χ1) is 12.2. The molecule has 1 aromatic heterocycles. The van der Waals surface area contributed by atoms with Crippen LogP contribution in [0.3, 0.4) is 0 Å². The topological polar surface area (TPSA) is 76.9 Å². The lowest BCUT2D eigenvalue weighted by molar-refractivity contribution is 0.0718. The number of aliphatic hydroxyl groups excluding tert-OH is 1. The smallest absolute Gasteiger partial charge is 0.224 e. The van der Waals surface area contributed by atoms with Crippen LogP contribution in [0.1, 0.15) is 5.56 Å². The molecule has 2 heterocycles. The van der Waals surface area contributed by atoms with Crippen molar-refractivity contribution in [2.45, 2.75) is 12.6 Å². The monoisotopic (exact) mass is 365 g/mol. The van der Waals surface area contributed by atoms with Crippen LogP contribution in [-0.4, -0.2) is 54.6 Å². The van der Waals surface area contributed by atoms with Gasteiger partial charge in [0.15, 0.2) is 11.6 Å². The SMILES string of the molecule is COc1ccc(COc2cnc(Cl)nc2N2CCOC[C@@H]2CO)cc1. The highest BCUT2D eigenvalue weighted by Gasteiger charge is 2.27.